The molecule has 1 aromatic carbocycles. The van der Waals surface area contributed by atoms with Gasteiger partial charge in [0.1, 0.15) is 22.3 Å². The van der Waals surface area contributed by atoms with Crippen LogP contribution >= 0.6 is 33.9 Å². The van der Waals surface area contributed by atoms with Crippen LogP contribution in [0.4, 0.5) is 0 Å². The van der Waals surface area contributed by atoms with Crippen LogP contribution in [0.3, 0.4) is 0 Å². The maximum Gasteiger partial charge on any atom is 0.262 e. The minimum absolute atomic E-state index is 0.00157. The van der Waals surface area contributed by atoms with E-state index in [0.29, 0.717) is 0 Å². The first-order chi connectivity index (χ1) is 8.27. The molecule has 0 N–H and O–H groups in total. The average molecular weight is 334 g/mol. The van der Waals surface area contributed by atoms with Gasteiger partial charge in [-0.05, 0) is 19.1 Å². The third-order valence-corrected chi connectivity index (χ3v) is 4.49. The second-order valence-corrected chi connectivity index (χ2v) is 6.78. The summed E-state index contributed by atoms with van der Waals surface area (Å²) in [6, 6.07) is 2.63. The molecular weight excluding hydrogens is 323 g/mol. The predicted molar refractivity (Wildman–Crippen MR) is 71.5 cm³/mol. The lowest BCUT2D eigenvalue weighted by Gasteiger charge is -2.13. The Labute approximate surface area is 120 Å². The first-order valence-electron chi connectivity index (χ1n) is 4.85. The molecule has 0 aliphatic rings. The Bertz CT molecular complexity index is 530. The molecule has 0 amide bonds. The van der Waals surface area contributed by atoms with Crippen molar-refractivity contribution in [2.75, 3.05) is 13.7 Å². The summed E-state index contributed by atoms with van der Waals surface area (Å²) >= 11 is 11.7. The van der Waals surface area contributed by atoms with Crippen molar-refractivity contribution in [1.82, 2.24) is 0 Å². The van der Waals surface area contributed by atoms with E-state index in [1.54, 1.807) is 7.11 Å². The van der Waals surface area contributed by atoms with Gasteiger partial charge in [-0.1, -0.05) is 23.2 Å². The van der Waals surface area contributed by atoms with Crippen LogP contribution in [0, 0.1) is 0 Å². The van der Waals surface area contributed by atoms with Crippen LogP contribution in [0.25, 0.3) is 0 Å². The predicted octanol–water partition coefficient (Wildman–Crippen LogP) is 3.33. The highest BCUT2D eigenvalue weighted by Crippen LogP contribution is 2.37. The van der Waals surface area contributed by atoms with Crippen molar-refractivity contribution in [2.24, 2.45) is 0 Å². The second kappa shape index (κ2) is 6.30. The monoisotopic (exact) mass is 332 g/mol. The molecule has 0 heterocycles. The Hall–Kier alpha value is -0.200. The summed E-state index contributed by atoms with van der Waals surface area (Å²) < 4.78 is 32.7. The zero-order valence-corrected chi connectivity index (χ0v) is 12.7. The molecule has 1 unspecified atom stereocenters. The van der Waals surface area contributed by atoms with Crippen LogP contribution in [0.1, 0.15) is 6.92 Å². The lowest BCUT2D eigenvalue weighted by Crippen LogP contribution is -2.16. The van der Waals surface area contributed by atoms with Crippen molar-refractivity contribution in [1.29, 1.82) is 0 Å². The third kappa shape index (κ3) is 3.90. The highest BCUT2D eigenvalue weighted by molar-refractivity contribution is 8.13. The fourth-order valence-electron chi connectivity index (χ4n) is 1.09. The summed E-state index contributed by atoms with van der Waals surface area (Å²) in [4.78, 5) is -0.247. The van der Waals surface area contributed by atoms with E-state index in [-0.39, 0.29) is 33.4 Å². The van der Waals surface area contributed by atoms with Gasteiger partial charge in [-0.25, -0.2) is 8.42 Å². The van der Waals surface area contributed by atoms with Gasteiger partial charge in [0.2, 0.25) is 0 Å². The van der Waals surface area contributed by atoms with E-state index in [1.165, 1.54) is 12.1 Å². The smallest absolute Gasteiger partial charge is 0.262 e. The number of hydrogen-bond acceptors (Lipinski definition) is 4. The van der Waals surface area contributed by atoms with E-state index in [1.807, 2.05) is 6.92 Å². The molecule has 0 aromatic heterocycles. The fraction of sp³-hybridized carbons (Fsp3) is 0.400. The summed E-state index contributed by atoms with van der Waals surface area (Å²) in [6.07, 6.45) is -0.128. The lowest BCUT2D eigenvalue weighted by molar-refractivity contribution is 0.0717. The molecule has 1 aromatic rings. The van der Waals surface area contributed by atoms with E-state index < -0.39 is 9.05 Å². The fourth-order valence-corrected chi connectivity index (χ4v) is 2.88. The van der Waals surface area contributed by atoms with Crippen LogP contribution in [0.15, 0.2) is 17.0 Å². The van der Waals surface area contributed by atoms with Gasteiger partial charge in [0.15, 0.2) is 0 Å². The van der Waals surface area contributed by atoms with Gasteiger partial charge in [0, 0.05) is 17.8 Å². The Morgan fingerprint density at radius 1 is 1.28 bits per heavy atom. The van der Waals surface area contributed by atoms with Crippen LogP contribution in [0.5, 0.6) is 5.75 Å². The molecule has 0 fully saturated rings. The van der Waals surface area contributed by atoms with Gasteiger partial charge in [0.05, 0.1) is 11.1 Å². The van der Waals surface area contributed by atoms with E-state index >= 15 is 0 Å². The van der Waals surface area contributed by atoms with E-state index in [4.69, 9.17) is 43.4 Å². The molecule has 8 heteroatoms. The Morgan fingerprint density at radius 3 is 2.39 bits per heavy atom. The van der Waals surface area contributed by atoms with Crippen LogP contribution < -0.4 is 4.74 Å². The van der Waals surface area contributed by atoms with Crippen molar-refractivity contribution in [3.63, 3.8) is 0 Å². The second-order valence-electron chi connectivity index (χ2n) is 3.48. The largest absolute Gasteiger partial charge is 0.489 e. The van der Waals surface area contributed by atoms with Gasteiger partial charge in [0.25, 0.3) is 9.05 Å². The molecule has 0 radical (unpaired) electrons. The Kier molecular flexibility index (Phi) is 5.55. The van der Waals surface area contributed by atoms with Gasteiger partial charge in [-0.15, -0.1) is 0 Å². The van der Waals surface area contributed by atoms with Crippen molar-refractivity contribution in [3.05, 3.63) is 22.2 Å². The summed E-state index contributed by atoms with van der Waals surface area (Å²) in [6.45, 7) is 2.08. The van der Waals surface area contributed by atoms with Crippen LogP contribution in [-0.2, 0) is 13.8 Å². The topological polar surface area (TPSA) is 52.6 Å². The summed E-state index contributed by atoms with van der Waals surface area (Å²) in [7, 11) is 2.82. The number of halogens is 3. The number of methoxy groups -OCH3 is 1. The summed E-state index contributed by atoms with van der Waals surface area (Å²) in [5.74, 6) is 0.273. The number of rotatable bonds is 5. The molecule has 0 bridgehead atoms. The molecule has 4 nitrogen and oxygen atoms in total. The molecular formula is C10H11Cl3O4S. The first-order valence-corrected chi connectivity index (χ1v) is 7.92. The third-order valence-electron chi connectivity index (χ3n) is 2.15. The maximum atomic E-state index is 11.2. The van der Waals surface area contributed by atoms with Crippen LogP contribution in [-0.4, -0.2) is 28.2 Å². The molecule has 0 aliphatic heterocycles. The van der Waals surface area contributed by atoms with E-state index in [9.17, 15) is 8.42 Å². The SMILES string of the molecule is COC(C)COc1ccc(S(=O)(=O)Cl)c(Cl)c1Cl. The number of ether oxygens (including phenoxy) is 2. The van der Waals surface area contributed by atoms with Crippen molar-refractivity contribution in [2.45, 2.75) is 17.9 Å². The van der Waals surface area contributed by atoms with Crippen molar-refractivity contribution < 1.29 is 17.9 Å². The quantitative estimate of drug-likeness (QED) is 0.776. The Balaban J connectivity index is 3.02. The number of hydrogen-bond donors (Lipinski definition) is 0. The van der Waals surface area contributed by atoms with Gasteiger partial charge in [-0.3, -0.25) is 0 Å². The molecule has 102 valence electrons. The number of benzene rings is 1. The van der Waals surface area contributed by atoms with Crippen LogP contribution in [0.2, 0.25) is 10.0 Å². The highest BCUT2D eigenvalue weighted by atomic mass is 35.7. The zero-order chi connectivity index (χ0) is 13.9. The minimum atomic E-state index is -3.93. The summed E-state index contributed by atoms with van der Waals surface area (Å²) in [5.41, 5.74) is 0. The molecule has 0 saturated carbocycles. The van der Waals surface area contributed by atoms with Gasteiger partial charge < -0.3 is 9.47 Å². The van der Waals surface area contributed by atoms with Gasteiger partial charge in [-0.2, -0.15) is 0 Å². The lowest BCUT2D eigenvalue weighted by atomic mass is 10.3. The molecule has 0 saturated heterocycles. The van der Waals surface area contributed by atoms with Crippen molar-refractivity contribution >= 4 is 42.9 Å². The Morgan fingerprint density at radius 2 is 1.89 bits per heavy atom. The minimum Gasteiger partial charge on any atom is -0.489 e. The van der Waals surface area contributed by atoms with E-state index in [0.717, 1.165) is 0 Å². The standard InChI is InChI=1S/C10H11Cl3O4S/c1-6(16-2)5-17-7-3-4-8(18(13,14)15)10(12)9(7)11/h3-4,6H,5H2,1-2H3. The average Bonchev–Trinajstić information content (AvgIpc) is 2.28. The first kappa shape index (κ1) is 15.9. The maximum absolute atomic E-state index is 11.2. The van der Waals surface area contributed by atoms with Crippen molar-refractivity contribution in [3.8, 4) is 5.75 Å². The van der Waals surface area contributed by atoms with Gasteiger partial charge >= 0.3 is 0 Å². The van der Waals surface area contributed by atoms with E-state index in [2.05, 4.69) is 0 Å². The molecule has 0 spiro atoms. The summed E-state index contributed by atoms with van der Waals surface area (Å²) in [5, 5.41) is -0.157. The molecule has 1 atom stereocenters. The highest BCUT2D eigenvalue weighted by Gasteiger charge is 2.20. The zero-order valence-electron chi connectivity index (χ0n) is 9.61. The molecule has 18 heavy (non-hydrogen) atoms. The normalized spacial score (nSPS) is 13.4. The molecule has 0 aliphatic carbocycles. The molecule has 1 rings (SSSR count).